The van der Waals surface area contributed by atoms with Crippen molar-refractivity contribution in [3.63, 3.8) is 0 Å². The van der Waals surface area contributed by atoms with Crippen LogP contribution in [0.15, 0.2) is 36.4 Å². The lowest BCUT2D eigenvalue weighted by Gasteiger charge is -2.21. The number of carbonyl (C=O) groups is 2. The Morgan fingerprint density at radius 1 is 1.06 bits per heavy atom. The molecule has 0 aromatic heterocycles. The number of hydrogen-bond donors (Lipinski definition) is 2. The summed E-state index contributed by atoms with van der Waals surface area (Å²) in [6.07, 6.45) is -8.05. The summed E-state index contributed by atoms with van der Waals surface area (Å²) < 4.78 is 83.3. The van der Waals surface area contributed by atoms with Crippen molar-refractivity contribution < 1.29 is 40.7 Å². The second-order valence-corrected chi connectivity index (χ2v) is 6.98. The molecule has 2 rings (SSSR count). The van der Waals surface area contributed by atoms with Crippen LogP contribution in [0, 0.1) is 6.92 Å². The summed E-state index contributed by atoms with van der Waals surface area (Å²) in [7, 11) is 0. The molecule has 11 heteroatoms. The summed E-state index contributed by atoms with van der Waals surface area (Å²) in [5.74, 6) is -2.19. The highest BCUT2D eigenvalue weighted by Crippen LogP contribution is 2.32. The third kappa shape index (κ3) is 6.12. The molecule has 0 spiro atoms. The molecular formula is C20H18F6N2O3. The molecule has 1 atom stereocenters. The van der Waals surface area contributed by atoms with Crippen molar-refractivity contribution in [3.05, 3.63) is 58.7 Å². The van der Waals surface area contributed by atoms with Crippen LogP contribution in [0.3, 0.4) is 0 Å². The zero-order valence-electron chi connectivity index (χ0n) is 16.3. The zero-order chi connectivity index (χ0) is 23.6. The molecule has 1 unspecified atom stereocenters. The normalized spacial score (nSPS) is 13.6. The van der Waals surface area contributed by atoms with E-state index in [0.29, 0.717) is 13.0 Å². The molecule has 0 aliphatic carbocycles. The van der Waals surface area contributed by atoms with E-state index in [1.807, 2.05) is 0 Å². The van der Waals surface area contributed by atoms with Crippen molar-refractivity contribution in [2.24, 2.45) is 5.73 Å². The second-order valence-electron chi connectivity index (χ2n) is 6.98. The molecule has 0 aliphatic rings. The first-order valence-corrected chi connectivity index (χ1v) is 8.74. The van der Waals surface area contributed by atoms with Crippen molar-refractivity contribution in [2.75, 3.05) is 11.9 Å². The van der Waals surface area contributed by atoms with Crippen LogP contribution in [-0.2, 0) is 6.18 Å². The van der Waals surface area contributed by atoms with Crippen LogP contribution >= 0.6 is 0 Å². The Bertz CT molecular complexity index is 989. The predicted octanol–water partition coefficient (Wildman–Crippen LogP) is 4.74. The lowest BCUT2D eigenvalue weighted by Crippen LogP contribution is -2.35. The van der Waals surface area contributed by atoms with E-state index in [-0.39, 0.29) is 28.1 Å². The first-order chi connectivity index (χ1) is 14.2. The number of carbonyl (C=O) groups excluding carboxylic acids is 2. The van der Waals surface area contributed by atoms with Crippen LogP contribution in [0.2, 0.25) is 0 Å². The predicted molar refractivity (Wildman–Crippen MR) is 100 cm³/mol. The Morgan fingerprint density at radius 3 is 2.26 bits per heavy atom. The van der Waals surface area contributed by atoms with Crippen LogP contribution in [0.25, 0.3) is 0 Å². The lowest BCUT2D eigenvalue weighted by atomic mass is 10.1. The number of primary amides is 1. The van der Waals surface area contributed by atoms with Gasteiger partial charge in [-0.2, -0.15) is 13.2 Å². The van der Waals surface area contributed by atoms with Crippen LogP contribution < -0.4 is 15.8 Å². The van der Waals surface area contributed by atoms with Gasteiger partial charge in [0, 0.05) is 11.1 Å². The van der Waals surface area contributed by atoms with Gasteiger partial charge in [0.05, 0.1) is 11.3 Å². The average Bonchev–Trinajstić information content (AvgIpc) is 2.65. The van der Waals surface area contributed by atoms with Crippen molar-refractivity contribution in [3.8, 4) is 5.75 Å². The minimum Gasteiger partial charge on any atom is -0.488 e. The minimum absolute atomic E-state index is 0.111. The maximum atomic E-state index is 13.8. The summed E-state index contributed by atoms with van der Waals surface area (Å²) in [6, 6.07) is 5.95. The van der Waals surface area contributed by atoms with E-state index < -0.39 is 42.3 Å². The Kier molecular flexibility index (Phi) is 6.87. The van der Waals surface area contributed by atoms with Gasteiger partial charge >= 0.3 is 6.18 Å². The monoisotopic (exact) mass is 448 g/mol. The van der Waals surface area contributed by atoms with Crippen molar-refractivity contribution >= 4 is 17.5 Å². The van der Waals surface area contributed by atoms with E-state index in [2.05, 4.69) is 5.32 Å². The molecule has 31 heavy (non-hydrogen) atoms. The summed E-state index contributed by atoms with van der Waals surface area (Å²) in [5.41, 5.74) is 0.536. The van der Waals surface area contributed by atoms with E-state index in [4.69, 9.17) is 10.5 Å². The Morgan fingerprint density at radius 2 is 1.71 bits per heavy atom. The number of amides is 2. The van der Waals surface area contributed by atoms with Crippen molar-refractivity contribution in [1.29, 1.82) is 0 Å². The van der Waals surface area contributed by atoms with Gasteiger partial charge in [-0.15, -0.1) is 0 Å². The number of aryl methyl sites for hydroxylation is 1. The van der Waals surface area contributed by atoms with E-state index in [0.717, 1.165) is 24.3 Å². The van der Waals surface area contributed by atoms with Crippen LogP contribution in [0.4, 0.5) is 32.0 Å². The molecule has 0 aliphatic heterocycles. The van der Waals surface area contributed by atoms with Crippen molar-refractivity contribution in [1.82, 2.24) is 0 Å². The smallest absolute Gasteiger partial charge is 0.416 e. The zero-order valence-corrected chi connectivity index (χ0v) is 16.3. The van der Waals surface area contributed by atoms with E-state index in [9.17, 15) is 35.9 Å². The highest BCUT2D eigenvalue weighted by Gasteiger charge is 2.36. The molecular weight excluding hydrogens is 430 g/mol. The molecule has 0 saturated carbocycles. The van der Waals surface area contributed by atoms with Crippen LogP contribution in [0.5, 0.6) is 5.75 Å². The van der Waals surface area contributed by atoms with Gasteiger partial charge in [-0.05, 0) is 55.8 Å². The molecule has 168 valence electrons. The molecule has 3 N–H and O–H groups in total. The SMILES string of the molecule is Cc1cc(C(=O)Nc2cc(C(N)=O)ccc2OCC(C)(F)C(F)F)cc(C(F)(F)F)c1. The number of alkyl halides is 6. The molecule has 2 amide bonds. The fourth-order valence-electron chi connectivity index (χ4n) is 2.46. The molecule has 0 fully saturated rings. The van der Waals surface area contributed by atoms with Gasteiger partial charge in [0.1, 0.15) is 12.4 Å². The quantitative estimate of drug-likeness (QED) is 0.601. The maximum absolute atomic E-state index is 13.8. The topological polar surface area (TPSA) is 81.4 Å². The number of anilines is 1. The number of benzene rings is 2. The number of nitrogens with one attached hydrogen (secondary N) is 1. The van der Waals surface area contributed by atoms with Gasteiger partial charge in [0.15, 0.2) is 0 Å². The molecule has 0 radical (unpaired) electrons. The number of nitrogens with two attached hydrogens (primary N) is 1. The highest BCUT2D eigenvalue weighted by molar-refractivity contribution is 6.06. The van der Waals surface area contributed by atoms with E-state index in [1.54, 1.807) is 0 Å². The maximum Gasteiger partial charge on any atom is 0.416 e. The van der Waals surface area contributed by atoms with Gasteiger partial charge in [-0.25, -0.2) is 13.2 Å². The molecule has 0 saturated heterocycles. The van der Waals surface area contributed by atoms with Gasteiger partial charge < -0.3 is 15.8 Å². The largest absolute Gasteiger partial charge is 0.488 e. The summed E-state index contributed by atoms with van der Waals surface area (Å²) >= 11 is 0. The number of halogens is 6. The molecule has 0 bridgehead atoms. The summed E-state index contributed by atoms with van der Waals surface area (Å²) in [4.78, 5) is 24.0. The number of hydrogen-bond acceptors (Lipinski definition) is 3. The number of rotatable bonds is 7. The second kappa shape index (κ2) is 8.86. The Hall–Kier alpha value is -3.24. The van der Waals surface area contributed by atoms with Crippen LogP contribution in [0.1, 0.15) is 38.8 Å². The van der Waals surface area contributed by atoms with E-state index in [1.165, 1.54) is 13.0 Å². The Labute approximate surface area is 173 Å². The fraction of sp³-hybridized carbons (Fsp3) is 0.300. The molecule has 0 heterocycles. The molecule has 2 aromatic carbocycles. The first-order valence-electron chi connectivity index (χ1n) is 8.74. The third-order valence-electron chi connectivity index (χ3n) is 4.14. The highest BCUT2D eigenvalue weighted by atomic mass is 19.4. The van der Waals surface area contributed by atoms with Crippen LogP contribution in [-0.4, -0.2) is 30.5 Å². The van der Waals surface area contributed by atoms with Gasteiger partial charge in [-0.3, -0.25) is 9.59 Å². The fourth-order valence-corrected chi connectivity index (χ4v) is 2.46. The first kappa shape index (κ1) is 24.0. The third-order valence-corrected chi connectivity index (χ3v) is 4.14. The van der Waals surface area contributed by atoms with Gasteiger partial charge in [-0.1, -0.05) is 0 Å². The summed E-state index contributed by atoms with van der Waals surface area (Å²) in [6.45, 7) is 0.881. The van der Waals surface area contributed by atoms with Crippen molar-refractivity contribution in [2.45, 2.75) is 32.1 Å². The van der Waals surface area contributed by atoms with E-state index >= 15 is 0 Å². The minimum atomic E-state index is -4.69. The lowest BCUT2D eigenvalue weighted by molar-refractivity contribution is -0.137. The molecule has 5 nitrogen and oxygen atoms in total. The summed E-state index contributed by atoms with van der Waals surface area (Å²) in [5, 5.41) is 2.24. The Balaban J connectivity index is 2.38. The van der Waals surface area contributed by atoms with Gasteiger partial charge in [0.2, 0.25) is 11.6 Å². The average molecular weight is 448 g/mol. The standard InChI is InChI=1S/C20H18F6N2O3/c1-10-5-12(7-13(6-10)20(24,25)26)17(30)28-14-8-11(16(27)29)3-4-15(14)31-9-19(2,23)18(21)22/h3-8,18H,9H2,1-2H3,(H2,27,29)(H,28,30). The molecule has 2 aromatic rings. The number of ether oxygens (including phenoxy) is 1. The van der Waals surface area contributed by atoms with Gasteiger partial charge in [0.25, 0.3) is 12.3 Å².